The largest absolute Gasteiger partial charge is 0.385 e. The fourth-order valence-corrected chi connectivity index (χ4v) is 1.71. The maximum atomic E-state index is 12.8. The lowest BCUT2D eigenvalue weighted by molar-refractivity contribution is -0.171. The molecule has 3 atom stereocenters. The minimum atomic E-state index is -2.16. The van der Waals surface area contributed by atoms with E-state index < -0.39 is 37.0 Å². The number of ether oxygens (including phenoxy) is 1. The van der Waals surface area contributed by atoms with Gasteiger partial charge in [0.15, 0.2) is 0 Å². The quantitative estimate of drug-likeness (QED) is 0.250. The van der Waals surface area contributed by atoms with Crippen molar-refractivity contribution in [3.8, 4) is 0 Å². The maximum Gasteiger partial charge on any atom is 0.351 e. The van der Waals surface area contributed by atoms with Crippen molar-refractivity contribution < 1.29 is 14.2 Å². The van der Waals surface area contributed by atoms with Crippen molar-refractivity contribution in [3.63, 3.8) is 0 Å². The molecule has 0 amide bonds. The molecule has 0 fully saturated rings. The predicted octanol–water partition coefficient (Wildman–Crippen LogP) is -0.520. The monoisotopic (exact) mass is 317 g/mol. The van der Waals surface area contributed by atoms with E-state index in [0.717, 1.165) is 4.57 Å². The van der Waals surface area contributed by atoms with Crippen molar-refractivity contribution in [2.45, 2.75) is 25.0 Å². The number of hydrogen-bond donors (Lipinski definition) is 3. The van der Waals surface area contributed by atoms with Gasteiger partial charge in [-0.25, -0.2) is 9.18 Å². The number of rotatable bonds is 8. The Kier molecular flexibility index (Phi) is 6.00. The van der Waals surface area contributed by atoms with E-state index in [1.807, 2.05) is 0 Å². The summed E-state index contributed by atoms with van der Waals surface area (Å²) >= 11 is 0. The second-order valence-corrected chi connectivity index (χ2v) is 4.28. The van der Waals surface area contributed by atoms with Gasteiger partial charge in [0, 0.05) is 6.20 Å². The molecule has 0 spiro atoms. The zero-order valence-electron chi connectivity index (χ0n) is 11.7. The average Bonchev–Trinajstić information content (AvgIpc) is 2.46. The van der Waals surface area contributed by atoms with Crippen LogP contribution >= 0.6 is 0 Å². The molecule has 0 saturated heterocycles. The van der Waals surface area contributed by atoms with Gasteiger partial charge in [0.1, 0.15) is 31.4 Å². The van der Waals surface area contributed by atoms with Gasteiger partial charge >= 0.3 is 5.69 Å². The highest BCUT2D eigenvalue weighted by atomic mass is 19.1. The normalized spacial score (nSPS) is 17.0. The highest BCUT2D eigenvalue weighted by Crippen LogP contribution is 2.25. The molecule has 1 unspecified atom stereocenters. The van der Waals surface area contributed by atoms with Crippen molar-refractivity contribution in [3.05, 3.63) is 27.7 Å². The average molecular weight is 317 g/mol. The second kappa shape index (κ2) is 7.51. The molecular weight excluding hydrogens is 301 g/mol. The second-order valence-electron chi connectivity index (χ2n) is 4.28. The van der Waals surface area contributed by atoms with E-state index >= 15 is 0 Å². The van der Waals surface area contributed by atoms with E-state index in [1.54, 1.807) is 0 Å². The number of nitrogens with zero attached hydrogens (tertiary/aromatic N) is 5. The van der Waals surface area contributed by atoms with Crippen LogP contribution in [-0.4, -0.2) is 39.7 Å². The summed E-state index contributed by atoms with van der Waals surface area (Å²) in [4.78, 5) is 25.7. The Morgan fingerprint density at radius 2 is 2.32 bits per heavy atom. The number of aromatic nitrogens is 2. The molecular formula is C10H16FN7O4. The number of aliphatic hydroxyl groups excluding tert-OH is 1. The van der Waals surface area contributed by atoms with Crippen LogP contribution in [0.5, 0.6) is 0 Å². The Bertz CT molecular complexity index is 595. The molecule has 0 aliphatic heterocycles. The molecule has 1 heterocycles. The van der Waals surface area contributed by atoms with Crippen molar-refractivity contribution in [2.24, 2.45) is 21.4 Å². The van der Waals surface area contributed by atoms with Gasteiger partial charge in [-0.3, -0.25) is 4.57 Å². The summed E-state index contributed by atoms with van der Waals surface area (Å²) in [7, 11) is 0. The molecule has 0 saturated carbocycles. The van der Waals surface area contributed by atoms with Gasteiger partial charge in [-0.15, -0.1) is 5.11 Å². The van der Waals surface area contributed by atoms with Crippen molar-refractivity contribution in [2.75, 3.05) is 19.0 Å². The third-order valence-corrected chi connectivity index (χ3v) is 2.80. The Labute approximate surface area is 123 Å². The van der Waals surface area contributed by atoms with Crippen LogP contribution in [0.2, 0.25) is 0 Å². The van der Waals surface area contributed by atoms with Gasteiger partial charge in [0.2, 0.25) is 5.72 Å². The number of nitroso groups, excluding NO2 is 1. The van der Waals surface area contributed by atoms with Gasteiger partial charge in [0.05, 0.1) is 0 Å². The summed E-state index contributed by atoms with van der Waals surface area (Å²) in [6.45, 7) is -0.674. The van der Waals surface area contributed by atoms with Gasteiger partial charge in [-0.2, -0.15) is 9.89 Å². The molecule has 0 bridgehead atoms. The van der Waals surface area contributed by atoms with Crippen molar-refractivity contribution in [1.29, 1.82) is 0 Å². The molecule has 0 radical (unpaired) electrons. The van der Waals surface area contributed by atoms with Gasteiger partial charge in [0.25, 0.3) is 0 Å². The first kappa shape index (κ1) is 17.6. The van der Waals surface area contributed by atoms with E-state index in [-0.39, 0.29) is 5.82 Å². The van der Waals surface area contributed by atoms with Crippen LogP contribution < -0.4 is 17.3 Å². The highest BCUT2D eigenvalue weighted by Gasteiger charge is 2.43. The summed E-state index contributed by atoms with van der Waals surface area (Å²) < 4.78 is 19.1. The van der Waals surface area contributed by atoms with Crippen molar-refractivity contribution in [1.82, 2.24) is 9.55 Å². The summed E-state index contributed by atoms with van der Waals surface area (Å²) in [6.07, 6.45) is -1.68. The van der Waals surface area contributed by atoms with E-state index in [9.17, 15) is 19.2 Å². The van der Waals surface area contributed by atoms with E-state index in [4.69, 9.17) is 16.3 Å². The van der Waals surface area contributed by atoms with Crippen LogP contribution in [0.15, 0.2) is 32.6 Å². The molecule has 0 aliphatic carbocycles. The number of anilines is 1. The SMILES string of the molecule is CC(O[C@@](CN=O)(N=NN)[C@@H](O)CF)n1ccc(N)nc1=O. The molecule has 11 nitrogen and oxygen atoms in total. The van der Waals surface area contributed by atoms with Crippen LogP contribution in [0.25, 0.3) is 0 Å². The molecule has 122 valence electrons. The molecule has 0 aliphatic rings. The van der Waals surface area contributed by atoms with Crippen molar-refractivity contribution >= 4 is 5.82 Å². The summed E-state index contributed by atoms with van der Waals surface area (Å²) in [5.41, 5.74) is 2.45. The fraction of sp³-hybridized carbons (Fsp3) is 0.600. The van der Waals surface area contributed by atoms with Crippen LogP contribution in [0.3, 0.4) is 0 Å². The molecule has 5 N–H and O–H groups in total. The number of nitrogen functional groups attached to an aromatic ring is 1. The van der Waals surface area contributed by atoms with Crippen LogP contribution in [-0.2, 0) is 4.74 Å². The number of nitrogens with two attached hydrogens (primary N) is 2. The molecule has 1 aromatic heterocycles. The molecule has 1 aromatic rings. The first-order valence-electron chi connectivity index (χ1n) is 6.08. The van der Waals surface area contributed by atoms with Crippen LogP contribution in [0.4, 0.5) is 10.2 Å². The lowest BCUT2D eigenvalue weighted by Gasteiger charge is -2.32. The Hall–Kier alpha value is -2.47. The minimum absolute atomic E-state index is 0.000268. The third kappa shape index (κ3) is 3.79. The molecule has 22 heavy (non-hydrogen) atoms. The van der Waals surface area contributed by atoms with Gasteiger partial charge in [-0.05, 0) is 13.0 Å². The summed E-state index contributed by atoms with van der Waals surface area (Å²) in [5.74, 6) is 4.90. The smallest absolute Gasteiger partial charge is 0.351 e. The zero-order chi connectivity index (χ0) is 16.8. The summed E-state index contributed by atoms with van der Waals surface area (Å²) in [5, 5.41) is 18.5. The standard InChI is InChI=1S/C10H16FN7O4/c1-6(18-3-2-8(12)15-9(18)20)22-10(5-14-21,16-17-13)7(19)4-11/h2-3,6-7,19H,4-5H2,1H3,(H2,13,16)(H2,12,15,20)/t6?,7-,10+/m0/s1. The number of halogens is 1. The Morgan fingerprint density at radius 1 is 1.64 bits per heavy atom. The lowest BCUT2D eigenvalue weighted by atomic mass is 10.1. The Morgan fingerprint density at radius 3 is 2.82 bits per heavy atom. The lowest BCUT2D eigenvalue weighted by Crippen LogP contribution is -2.49. The predicted molar refractivity (Wildman–Crippen MR) is 73.1 cm³/mol. The van der Waals surface area contributed by atoms with E-state index in [0.29, 0.717) is 0 Å². The van der Waals surface area contributed by atoms with Gasteiger partial charge < -0.3 is 21.4 Å². The number of hydrogen-bond acceptors (Lipinski definition) is 9. The molecule has 12 heteroatoms. The van der Waals surface area contributed by atoms with E-state index in [2.05, 4.69) is 20.5 Å². The highest BCUT2D eigenvalue weighted by molar-refractivity contribution is 5.23. The maximum absolute atomic E-state index is 12.8. The minimum Gasteiger partial charge on any atom is -0.385 e. The topological polar surface area (TPSA) is 171 Å². The number of alkyl halides is 1. The molecule has 1 rings (SSSR count). The zero-order valence-corrected chi connectivity index (χ0v) is 11.7. The Balaban J connectivity index is 3.16. The van der Waals surface area contributed by atoms with Gasteiger partial charge in [-0.1, -0.05) is 10.4 Å². The number of aliphatic hydroxyl groups is 1. The van der Waals surface area contributed by atoms with Crippen LogP contribution in [0, 0.1) is 4.91 Å². The summed E-state index contributed by atoms with van der Waals surface area (Å²) in [6, 6.07) is 1.33. The van der Waals surface area contributed by atoms with E-state index in [1.165, 1.54) is 19.2 Å². The first-order valence-corrected chi connectivity index (χ1v) is 6.08. The fourth-order valence-electron chi connectivity index (χ4n) is 1.71. The third-order valence-electron chi connectivity index (χ3n) is 2.80. The molecule has 0 aromatic carbocycles. The first-order chi connectivity index (χ1) is 10.4. The van der Waals surface area contributed by atoms with Crippen LogP contribution in [0.1, 0.15) is 13.2 Å².